The molecule has 41 heavy (non-hydrogen) atoms. The van der Waals surface area contributed by atoms with Crippen molar-refractivity contribution in [2.24, 2.45) is 12.8 Å². The van der Waals surface area contributed by atoms with E-state index in [1.807, 2.05) is 31.3 Å². The van der Waals surface area contributed by atoms with Crippen LogP contribution in [0.5, 0.6) is 0 Å². The van der Waals surface area contributed by atoms with Crippen molar-refractivity contribution in [3.63, 3.8) is 0 Å². The lowest BCUT2D eigenvalue weighted by molar-refractivity contribution is -0.0364. The number of aryl methyl sites for hydroxylation is 1. The molecular formula is C31H38ClN7O2. The zero-order chi connectivity index (χ0) is 28.6. The molecule has 2 fully saturated rings. The number of rotatable bonds is 7. The zero-order valence-electron chi connectivity index (χ0n) is 23.6. The molecule has 0 spiro atoms. The van der Waals surface area contributed by atoms with Crippen molar-refractivity contribution in [1.82, 2.24) is 24.2 Å². The smallest absolute Gasteiger partial charge is 0.281 e. The quantitative estimate of drug-likeness (QED) is 0.344. The van der Waals surface area contributed by atoms with Crippen molar-refractivity contribution >= 4 is 28.3 Å². The summed E-state index contributed by atoms with van der Waals surface area (Å²) in [5.74, 6) is 0. The molecule has 2 aliphatic heterocycles. The van der Waals surface area contributed by atoms with Gasteiger partial charge in [0.1, 0.15) is 5.52 Å². The highest BCUT2D eigenvalue weighted by Gasteiger charge is 2.33. The van der Waals surface area contributed by atoms with Crippen LogP contribution < -0.4 is 16.2 Å². The van der Waals surface area contributed by atoms with Crippen molar-refractivity contribution in [1.29, 1.82) is 0 Å². The highest BCUT2D eigenvalue weighted by Crippen LogP contribution is 2.30. The van der Waals surface area contributed by atoms with Crippen LogP contribution >= 0.6 is 11.6 Å². The van der Waals surface area contributed by atoms with Crippen molar-refractivity contribution in [3.8, 4) is 11.3 Å². The molecule has 3 N–H and O–H groups in total. The van der Waals surface area contributed by atoms with E-state index in [2.05, 4.69) is 38.1 Å². The van der Waals surface area contributed by atoms with E-state index in [9.17, 15) is 9.90 Å². The van der Waals surface area contributed by atoms with E-state index in [0.29, 0.717) is 30.4 Å². The van der Waals surface area contributed by atoms with E-state index in [-0.39, 0.29) is 12.1 Å². The zero-order valence-corrected chi connectivity index (χ0v) is 24.4. The highest BCUT2D eigenvalue weighted by molar-refractivity contribution is 6.31. The molecule has 0 amide bonds. The lowest BCUT2D eigenvalue weighted by atomic mass is 9.91. The average molecular weight is 576 g/mol. The monoisotopic (exact) mass is 575 g/mol. The van der Waals surface area contributed by atoms with Crippen LogP contribution in [0.2, 0.25) is 5.02 Å². The van der Waals surface area contributed by atoms with E-state index in [4.69, 9.17) is 17.3 Å². The number of nitrogens with two attached hydrogens (primary N) is 1. The highest BCUT2D eigenvalue weighted by atomic mass is 35.5. The average Bonchev–Trinajstić information content (AvgIpc) is 3.34. The van der Waals surface area contributed by atoms with E-state index < -0.39 is 5.60 Å². The SMILES string of the molecule is Cn1nc2c(=O)n(CC3(O)CCN(Cc4ccc(N5CCCCC5)cc4Cl)CC3)cnc2c1-c1ccc(CN)cc1. The molecule has 10 heteroatoms. The van der Waals surface area contributed by atoms with Crippen LogP contribution in [0.3, 0.4) is 0 Å². The normalized spacial score (nSPS) is 17.8. The number of aliphatic hydroxyl groups is 1. The summed E-state index contributed by atoms with van der Waals surface area (Å²) in [4.78, 5) is 22.8. The summed E-state index contributed by atoms with van der Waals surface area (Å²) in [6, 6.07) is 14.3. The number of hydrogen-bond donors (Lipinski definition) is 2. The van der Waals surface area contributed by atoms with Crippen LogP contribution in [0.15, 0.2) is 53.6 Å². The Kier molecular flexibility index (Phi) is 7.87. The van der Waals surface area contributed by atoms with Crippen LogP contribution in [0.4, 0.5) is 5.69 Å². The lowest BCUT2D eigenvalue weighted by Crippen LogP contribution is -2.47. The Hall–Kier alpha value is -3.24. The Morgan fingerprint density at radius 3 is 2.41 bits per heavy atom. The molecular weight excluding hydrogens is 538 g/mol. The molecule has 2 aromatic carbocycles. The fraction of sp³-hybridized carbons (Fsp3) is 0.452. The van der Waals surface area contributed by atoms with Gasteiger partial charge in [-0.3, -0.25) is 18.9 Å². The summed E-state index contributed by atoms with van der Waals surface area (Å²) in [6.45, 7) is 5.02. The van der Waals surface area contributed by atoms with Gasteiger partial charge in [-0.05, 0) is 55.4 Å². The van der Waals surface area contributed by atoms with E-state index in [0.717, 1.165) is 60.1 Å². The predicted octanol–water partition coefficient (Wildman–Crippen LogP) is 3.93. The van der Waals surface area contributed by atoms with Gasteiger partial charge >= 0.3 is 0 Å². The minimum Gasteiger partial charge on any atom is -0.388 e. The van der Waals surface area contributed by atoms with Gasteiger partial charge in [-0.1, -0.05) is 41.9 Å². The maximum atomic E-state index is 13.4. The van der Waals surface area contributed by atoms with Gasteiger partial charge in [0.2, 0.25) is 0 Å². The molecule has 2 aliphatic rings. The van der Waals surface area contributed by atoms with Crippen LogP contribution in [0, 0.1) is 0 Å². The number of hydrogen-bond acceptors (Lipinski definition) is 7. The number of benzene rings is 2. The minimum absolute atomic E-state index is 0.186. The molecule has 0 aliphatic carbocycles. The molecule has 4 aromatic rings. The second-order valence-corrected chi connectivity index (χ2v) is 12.0. The first kappa shape index (κ1) is 27.9. The standard InChI is InChI=1S/C31H38ClN7O2/c1-36-29(23-7-5-22(18-33)6-8-23)27-28(35-36)30(40)39(21-34-27)20-31(41)11-15-37(16-12-31)19-24-9-10-25(17-26(24)32)38-13-3-2-4-14-38/h5-10,17,21,41H,2-4,11-16,18-20,33H2,1H3. The number of nitrogens with zero attached hydrogens (tertiary/aromatic N) is 6. The maximum Gasteiger partial charge on any atom is 0.281 e. The second-order valence-electron chi connectivity index (χ2n) is 11.6. The first-order chi connectivity index (χ1) is 19.8. The summed E-state index contributed by atoms with van der Waals surface area (Å²) in [6.07, 6.45) is 6.43. The largest absolute Gasteiger partial charge is 0.388 e. The Balaban J connectivity index is 1.12. The van der Waals surface area contributed by atoms with Crippen molar-refractivity contribution in [2.75, 3.05) is 31.1 Å². The molecule has 0 radical (unpaired) electrons. The molecule has 9 nitrogen and oxygen atoms in total. The van der Waals surface area contributed by atoms with Crippen molar-refractivity contribution in [2.45, 2.75) is 57.3 Å². The van der Waals surface area contributed by atoms with E-state index in [1.54, 1.807) is 4.68 Å². The Morgan fingerprint density at radius 1 is 1.00 bits per heavy atom. The van der Waals surface area contributed by atoms with E-state index in [1.165, 1.54) is 35.8 Å². The van der Waals surface area contributed by atoms with Gasteiger partial charge in [0.15, 0.2) is 5.52 Å². The van der Waals surface area contributed by atoms with Crippen LogP contribution in [-0.2, 0) is 26.7 Å². The molecule has 0 bridgehead atoms. The first-order valence-electron chi connectivity index (χ1n) is 14.5. The fourth-order valence-electron chi connectivity index (χ4n) is 6.19. The fourth-order valence-corrected chi connectivity index (χ4v) is 6.42. The summed E-state index contributed by atoms with van der Waals surface area (Å²) in [5.41, 5.74) is 10.4. The van der Waals surface area contributed by atoms with Gasteiger partial charge < -0.3 is 15.7 Å². The summed E-state index contributed by atoms with van der Waals surface area (Å²) >= 11 is 6.70. The summed E-state index contributed by atoms with van der Waals surface area (Å²) < 4.78 is 3.20. The van der Waals surface area contributed by atoms with Gasteiger partial charge in [0.25, 0.3) is 5.56 Å². The number of fused-ring (bicyclic) bond motifs is 1. The Bertz CT molecular complexity index is 1580. The third kappa shape index (κ3) is 5.77. The Labute approximate surface area is 245 Å². The third-order valence-electron chi connectivity index (χ3n) is 8.68. The summed E-state index contributed by atoms with van der Waals surface area (Å²) in [5, 5.41) is 16.7. The second kappa shape index (κ2) is 11.6. The molecule has 4 heterocycles. The van der Waals surface area contributed by atoms with Crippen LogP contribution in [0.25, 0.3) is 22.3 Å². The number of likely N-dealkylation sites (tertiary alicyclic amines) is 1. The molecule has 6 rings (SSSR count). The molecule has 2 aromatic heterocycles. The maximum absolute atomic E-state index is 13.4. The van der Waals surface area contributed by atoms with Gasteiger partial charge in [0, 0.05) is 62.6 Å². The van der Waals surface area contributed by atoms with Crippen molar-refractivity contribution < 1.29 is 5.11 Å². The third-order valence-corrected chi connectivity index (χ3v) is 9.03. The van der Waals surface area contributed by atoms with Crippen molar-refractivity contribution in [3.05, 3.63) is 75.3 Å². The van der Waals surface area contributed by atoms with Crippen LogP contribution in [0.1, 0.15) is 43.2 Å². The molecule has 216 valence electrons. The number of aromatic nitrogens is 4. The molecule has 0 saturated carbocycles. The van der Waals surface area contributed by atoms with Gasteiger partial charge in [-0.25, -0.2) is 4.98 Å². The predicted molar refractivity (Wildman–Crippen MR) is 163 cm³/mol. The minimum atomic E-state index is -0.993. The van der Waals surface area contributed by atoms with Gasteiger partial charge in [-0.15, -0.1) is 0 Å². The molecule has 2 saturated heterocycles. The summed E-state index contributed by atoms with van der Waals surface area (Å²) in [7, 11) is 1.81. The first-order valence-corrected chi connectivity index (χ1v) is 14.9. The van der Waals surface area contributed by atoms with E-state index >= 15 is 0 Å². The molecule has 0 atom stereocenters. The number of halogens is 1. The number of piperidine rings is 2. The van der Waals surface area contributed by atoms with Gasteiger partial charge in [0.05, 0.1) is 24.2 Å². The number of anilines is 1. The molecule has 0 unspecified atom stereocenters. The lowest BCUT2D eigenvalue weighted by Gasteiger charge is -2.38. The van der Waals surface area contributed by atoms with Crippen LogP contribution in [-0.4, -0.2) is 61.1 Å². The Morgan fingerprint density at radius 2 is 1.73 bits per heavy atom. The van der Waals surface area contributed by atoms with Gasteiger partial charge in [-0.2, -0.15) is 5.10 Å². The topological polar surface area (TPSA) is 105 Å².